The quantitative estimate of drug-likeness (QED) is 0.517. The number of nitrogens with one attached hydrogen (secondary N) is 1. The van der Waals surface area contributed by atoms with E-state index < -0.39 is 17.6 Å². The highest BCUT2D eigenvalue weighted by molar-refractivity contribution is 6.46. The molecule has 0 radical (unpaired) electrons. The highest BCUT2D eigenvalue weighted by atomic mass is 19.1. The maximum Gasteiger partial charge on any atom is 0.282 e. The van der Waals surface area contributed by atoms with Gasteiger partial charge in [0, 0.05) is 5.69 Å². The molecule has 1 aliphatic rings. The number of methoxy groups -OCH3 is 1. The third-order valence-electron chi connectivity index (χ3n) is 5.04. The molecule has 7 heteroatoms. The smallest absolute Gasteiger partial charge is 0.282 e. The molecule has 6 nitrogen and oxygen atoms in total. The zero-order valence-electron chi connectivity index (χ0n) is 18.5. The van der Waals surface area contributed by atoms with Crippen molar-refractivity contribution >= 4 is 28.8 Å². The van der Waals surface area contributed by atoms with E-state index in [1.807, 2.05) is 13.8 Å². The van der Waals surface area contributed by atoms with Gasteiger partial charge in [0.25, 0.3) is 11.8 Å². The first-order chi connectivity index (χ1) is 15.9. The summed E-state index contributed by atoms with van der Waals surface area (Å²) in [5, 5.41) is 3.09. The molecule has 2 amide bonds. The van der Waals surface area contributed by atoms with Crippen LogP contribution in [0.1, 0.15) is 19.4 Å². The summed E-state index contributed by atoms with van der Waals surface area (Å²) in [6.07, 6.45) is 0.00558. The van der Waals surface area contributed by atoms with E-state index in [4.69, 9.17) is 9.47 Å². The van der Waals surface area contributed by atoms with Gasteiger partial charge in [0.2, 0.25) is 0 Å². The van der Waals surface area contributed by atoms with Crippen LogP contribution in [0, 0.1) is 5.82 Å². The van der Waals surface area contributed by atoms with Crippen LogP contribution < -0.4 is 19.7 Å². The van der Waals surface area contributed by atoms with Gasteiger partial charge in [0.05, 0.1) is 24.5 Å². The first-order valence-electron chi connectivity index (χ1n) is 10.4. The predicted molar refractivity (Wildman–Crippen MR) is 125 cm³/mol. The number of imide groups is 1. The normalized spacial score (nSPS) is 13.7. The Labute approximate surface area is 191 Å². The van der Waals surface area contributed by atoms with Gasteiger partial charge in [-0.1, -0.05) is 12.1 Å². The fourth-order valence-electron chi connectivity index (χ4n) is 3.53. The van der Waals surface area contributed by atoms with Crippen molar-refractivity contribution in [1.29, 1.82) is 0 Å². The van der Waals surface area contributed by atoms with Crippen molar-refractivity contribution in [3.05, 3.63) is 89.9 Å². The van der Waals surface area contributed by atoms with Crippen LogP contribution in [0.5, 0.6) is 11.5 Å². The fraction of sp³-hybridized carbons (Fsp3) is 0.154. The lowest BCUT2D eigenvalue weighted by Crippen LogP contribution is -2.32. The van der Waals surface area contributed by atoms with Crippen molar-refractivity contribution in [2.45, 2.75) is 20.0 Å². The summed E-state index contributed by atoms with van der Waals surface area (Å²) in [6.45, 7) is 3.85. The molecule has 0 atom stereocenters. The van der Waals surface area contributed by atoms with Crippen molar-refractivity contribution in [2.75, 3.05) is 17.3 Å². The first-order valence-corrected chi connectivity index (χ1v) is 10.4. The molecule has 0 aromatic heterocycles. The molecule has 4 rings (SSSR count). The standard InChI is InChI=1S/C26H23FN2O4/c1-16(2)33-22-12-4-17(5-13-22)23-24(28-19-8-14-21(32-3)15-9-19)26(31)29(25(23)30)20-10-6-18(27)7-11-20/h4-16,28H,1-3H3. The number of ether oxygens (including phenoxy) is 2. The molecule has 3 aromatic rings. The van der Waals surface area contributed by atoms with E-state index in [0.29, 0.717) is 22.7 Å². The van der Waals surface area contributed by atoms with Crippen molar-refractivity contribution in [1.82, 2.24) is 0 Å². The topological polar surface area (TPSA) is 67.9 Å². The third-order valence-corrected chi connectivity index (χ3v) is 5.04. The fourth-order valence-corrected chi connectivity index (χ4v) is 3.53. The Morgan fingerprint density at radius 1 is 0.818 bits per heavy atom. The minimum absolute atomic E-state index is 0.00558. The largest absolute Gasteiger partial charge is 0.497 e. The number of hydrogen-bond donors (Lipinski definition) is 1. The number of nitrogens with zero attached hydrogens (tertiary/aromatic N) is 1. The number of anilines is 2. The van der Waals surface area contributed by atoms with Crippen molar-refractivity contribution in [3.63, 3.8) is 0 Å². The van der Waals surface area contributed by atoms with E-state index in [2.05, 4.69) is 5.32 Å². The number of halogens is 1. The summed E-state index contributed by atoms with van der Waals surface area (Å²) >= 11 is 0. The number of carbonyl (C=O) groups excluding carboxylic acids is 2. The second kappa shape index (κ2) is 9.16. The maximum absolute atomic E-state index is 13.4. The predicted octanol–water partition coefficient (Wildman–Crippen LogP) is 5.02. The van der Waals surface area contributed by atoms with Gasteiger partial charge < -0.3 is 14.8 Å². The van der Waals surface area contributed by atoms with Crippen LogP contribution in [0.25, 0.3) is 5.57 Å². The van der Waals surface area contributed by atoms with E-state index in [1.54, 1.807) is 55.6 Å². The van der Waals surface area contributed by atoms with Crippen LogP contribution >= 0.6 is 0 Å². The Bertz CT molecular complexity index is 1200. The van der Waals surface area contributed by atoms with E-state index >= 15 is 0 Å². The van der Waals surface area contributed by atoms with E-state index in [9.17, 15) is 14.0 Å². The molecule has 33 heavy (non-hydrogen) atoms. The van der Waals surface area contributed by atoms with Gasteiger partial charge in [-0.2, -0.15) is 0 Å². The number of benzene rings is 3. The second-order valence-corrected chi connectivity index (χ2v) is 7.72. The van der Waals surface area contributed by atoms with Crippen molar-refractivity contribution in [2.24, 2.45) is 0 Å². The van der Waals surface area contributed by atoms with E-state index in [0.717, 1.165) is 4.90 Å². The molecule has 3 aromatic carbocycles. The molecule has 1 heterocycles. The highest BCUT2D eigenvalue weighted by Crippen LogP contribution is 2.34. The Balaban J connectivity index is 1.75. The molecule has 0 saturated heterocycles. The van der Waals surface area contributed by atoms with Gasteiger partial charge >= 0.3 is 0 Å². The Kier molecular flexibility index (Phi) is 6.13. The summed E-state index contributed by atoms with van der Waals surface area (Å²) in [4.78, 5) is 27.8. The van der Waals surface area contributed by atoms with Crippen LogP contribution in [0.2, 0.25) is 0 Å². The minimum Gasteiger partial charge on any atom is -0.497 e. The molecule has 1 aliphatic heterocycles. The maximum atomic E-state index is 13.4. The number of rotatable bonds is 7. The molecular formula is C26H23FN2O4. The van der Waals surface area contributed by atoms with Gasteiger partial charge in [-0.15, -0.1) is 0 Å². The molecule has 168 valence electrons. The van der Waals surface area contributed by atoms with Crippen molar-refractivity contribution < 1.29 is 23.5 Å². The third kappa shape index (κ3) is 4.57. The molecule has 0 fully saturated rings. The molecule has 1 N–H and O–H groups in total. The molecule has 0 aliphatic carbocycles. The lowest BCUT2D eigenvalue weighted by Gasteiger charge is -2.15. The van der Waals surface area contributed by atoms with Crippen LogP contribution in [-0.2, 0) is 9.59 Å². The van der Waals surface area contributed by atoms with Gasteiger partial charge in [-0.3, -0.25) is 9.59 Å². The lowest BCUT2D eigenvalue weighted by atomic mass is 10.0. The zero-order valence-corrected chi connectivity index (χ0v) is 18.5. The van der Waals surface area contributed by atoms with Crippen molar-refractivity contribution in [3.8, 4) is 11.5 Å². The summed E-state index contributed by atoms with van der Waals surface area (Å²) in [7, 11) is 1.56. The zero-order chi connectivity index (χ0) is 23.5. The Morgan fingerprint density at radius 2 is 1.42 bits per heavy atom. The van der Waals surface area contributed by atoms with Gasteiger partial charge in [-0.05, 0) is 80.1 Å². The molecular weight excluding hydrogens is 423 g/mol. The number of hydrogen-bond acceptors (Lipinski definition) is 5. The van der Waals surface area contributed by atoms with E-state index in [1.165, 1.54) is 24.3 Å². The summed E-state index contributed by atoms with van der Waals surface area (Å²) in [5.41, 5.74) is 1.81. The van der Waals surface area contributed by atoms with Crippen LogP contribution in [-0.4, -0.2) is 25.0 Å². The second-order valence-electron chi connectivity index (χ2n) is 7.72. The van der Waals surface area contributed by atoms with Gasteiger partial charge in [-0.25, -0.2) is 9.29 Å². The van der Waals surface area contributed by atoms with Crippen LogP contribution in [0.3, 0.4) is 0 Å². The lowest BCUT2D eigenvalue weighted by molar-refractivity contribution is -0.120. The summed E-state index contributed by atoms with van der Waals surface area (Å²) in [5.74, 6) is -0.160. The van der Waals surface area contributed by atoms with Crippen LogP contribution in [0.15, 0.2) is 78.5 Å². The monoisotopic (exact) mass is 446 g/mol. The summed E-state index contributed by atoms with van der Waals surface area (Å²) in [6, 6.07) is 19.2. The van der Waals surface area contributed by atoms with E-state index in [-0.39, 0.29) is 23.1 Å². The summed E-state index contributed by atoms with van der Waals surface area (Å²) < 4.78 is 24.3. The average molecular weight is 446 g/mol. The average Bonchev–Trinajstić information content (AvgIpc) is 3.04. The Hall–Kier alpha value is -4.13. The number of amides is 2. The molecule has 0 saturated carbocycles. The highest BCUT2D eigenvalue weighted by Gasteiger charge is 2.40. The van der Waals surface area contributed by atoms with Gasteiger partial charge in [0.15, 0.2) is 0 Å². The molecule has 0 spiro atoms. The van der Waals surface area contributed by atoms with Gasteiger partial charge in [0.1, 0.15) is 23.0 Å². The minimum atomic E-state index is -0.528. The first kappa shape index (κ1) is 22.1. The Morgan fingerprint density at radius 3 is 2.00 bits per heavy atom. The molecule has 0 bridgehead atoms. The SMILES string of the molecule is COc1ccc(NC2=C(c3ccc(OC(C)C)cc3)C(=O)N(c3ccc(F)cc3)C2=O)cc1. The molecule has 0 unspecified atom stereocenters. The van der Waals surface area contributed by atoms with Crippen LogP contribution in [0.4, 0.5) is 15.8 Å². The number of carbonyl (C=O) groups is 2.